The van der Waals surface area contributed by atoms with Crippen molar-refractivity contribution in [3.05, 3.63) is 125 Å². The monoisotopic (exact) mass is 639 g/mol. The van der Waals surface area contributed by atoms with E-state index in [1.165, 1.54) is 4.90 Å². The van der Waals surface area contributed by atoms with Crippen LogP contribution in [0.1, 0.15) is 73.2 Å². The lowest BCUT2D eigenvalue weighted by Crippen LogP contribution is -2.31. The number of aliphatic hydroxyl groups is 1. The Hall–Kier alpha value is -3.95. The van der Waals surface area contributed by atoms with Gasteiger partial charge < -0.3 is 25.0 Å². The first-order chi connectivity index (χ1) is 22.5. The molecule has 0 aliphatic carbocycles. The number of aliphatic hydroxyl groups excluding tert-OH is 1. The van der Waals surface area contributed by atoms with Crippen molar-refractivity contribution in [3.63, 3.8) is 0 Å². The molecule has 1 heterocycles. The molecule has 1 amide bonds. The minimum atomic E-state index is -0.802. The largest absolute Gasteiger partial charge is 0.481 e. The molecule has 8 heteroatoms. The molecule has 0 saturated carbocycles. The Morgan fingerprint density at radius 2 is 1.48 bits per heavy atom. The second-order valence-corrected chi connectivity index (χ2v) is 12.6. The topological polar surface area (TPSA) is 105 Å². The number of nitrogens with one attached hydrogen (secondary N) is 1. The number of aliphatic carboxylic acids is 1. The Morgan fingerprint density at radius 3 is 2.22 bits per heavy atom. The summed E-state index contributed by atoms with van der Waals surface area (Å²) < 4.78 is 13.1. The fourth-order valence-corrected chi connectivity index (χ4v) is 6.47. The average molecular weight is 640 g/mol. The van der Waals surface area contributed by atoms with Crippen LogP contribution >= 0.6 is 11.8 Å². The molecule has 7 nitrogen and oxygen atoms in total. The molecule has 3 unspecified atom stereocenters. The van der Waals surface area contributed by atoms with Gasteiger partial charge in [0.05, 0.1) is 18.8 Å². The minimum absolute atomic E-state index is 0.00586. The van der Waals surface area contributed by atoms with Gasteiger partial charge in [-0.3, -0.25) is 9.59 Å². The molecular formula is C38H41NO6S. The third-order valence-corrected chi connectivity index (χ3v) is 9.22. The predicted octanol–water partition coefficient (Wildman–Crippen LogP) is 7.83. The first-order valence-corrected chi connectivity index (χ1v) is 16.8. The van der Waals surface area contributed by atoms with Crippen molar-refractivity contribution in [2.45, 2.75) is 75.1 Å². The number of hydrogen-bond acceptors (Lipinski definition) is 6. The number of rotatable bonds is 15. The number of hydrogen-bond donors (Lipinski definition) is 3. The summed E-state index contributed by atoms with van der Waals surface area (Å²) in [5.41, 5.74) is 5.96. The van der Waals surface area contributed by atoms with E-state index >= 15 is 0 Å². The molecule has 0 spiro atoms. The smallest absolute Gasteiger partial charge is 0.303 e. The van der Waals surface area contributed by atoms with Crippen LogP contribution in [-0.2, 0) is 32.2 Å². The van der Waals surface area contributed by atoms with Gasteiger partial charge in [0, 0.05) is 42.0 Å². The van der Waals surface area contributed by atoms with Crippen molar-refractivity contribution < 1.29 is 29.3 Å². The molecule has 1 aliphatic rings. The molecule has 4 aromatic carbocycles. The second-order valence-electron chi connectivity index (χ2n) is 11.5. The van der Waals surface area contributed by atoms with Crippen molar-refractivity contribution in [2.24, 2.45) is 0 Å². The Labute approximate surface area is 275 Å². The first kappa shape index (κ1) is 33.4. The molecule has 46 heavy (non-hydrogen) atoms. The number of carboxylic acids is 1. The van der Waals surface area contributed by atoms with E-state index in [-0.39, 0.29) is 31.1 Å². The van der Waals surface area contributed by atoms with Gasteiger partial charge >= 0.3 is 5.97 Å². The number of amides is 1. The SMILES string of the molecule is O=C(O)CCCCCC(=O)NCc1ccccc1-c1ccc(C2OC(CSc3ccccc3)CC(c3ccc(CO)cc3)O2)cc1. The second kappa shape index (κ2) is 17.1. The molecule has 1 fully saturated rings. The molecule has 4 aromatic rings. The van der Waals surface area contributed by atoms with E-state index < -0.39 is 12.3 Å². The highest BCUT2D eigenvalue weighted by Crippen LogP contribution is 2.40. The minimum Gasteiger partial charge on any atom is -0.481 e. The number of carboxylic acid groups (broad SMARTS) is 1. The summed E-state index contributed by atoms with van der Waals surface area (Å²) in [5, 5.41) is 21.3. The maximum absolute atomic E-state index is 12.4. The van der Waals surface area contributed by atoms with Gasteiger partial charge in [-0.2, -0.15) is 0 Å². The summed E-state index contributed by atoms with van der Waals surface area (Å²) >= 11 is 1.78. The van der Waals surface area contributed by atoms with Gasteiger partial charge in [0.2, 0.25) is 5.91 Å². The lowest BCUT2D eigenvalue weighted by atomic mass is 9.97. The zero-order valence-electron chi connectivity index (χ0n) is 25.8. The van der Waals surface area contributed by atoms with E-state index in [2.05, 4.69) is 35.6 Å². The number of ether oxygens (including phenoxy) is 2. The van der Waals surface area contributed by atoms with E-state index in [0.29, 0.717) is 25.8 Å². The maximum Gasteiger partial charge on any atom is 0.303 e. The van der Waals surface area contributed by atoms with E-state index in [0.717, 1.165) is 52.0 Å². The van der Waals surface area contributed by atoms with E-state index in [9.17, 15) is 14.7 Å². The zero-order chi connectivity index (χ0) is 32.1. The first-order valence-electron chi connectivity index (χ1n) is 15.8. The van der Waals surface area contributed by atoms with Crippen LogP contribution in [0.25, 0.3) is 11.1 Å². The van der Waals surface area contributed by atoms with Gasteiger partial charge in [0.25, 0.3) is 0 Å². The number of unbranched alkanes of at least 4 members (excludes halogenated alkanes) is 2. The Kier molecular flexibility index (Phi) is 12.4. The molecule has 0 bridgehead atoms. The highest BCUT2D eigenvalue weighted by atomic mass is 32.2. The van der Waals surface area contributed by atoms with Gasteiger partial charge in [-0.15, -0.1) is 11.8 Å². The van der Waals surface area contributed by atoms with E-state index in [1.807, 2.05) is 72.8 Å². The van der Waals surface area contributed by atoms with Crippen LogP contribution in [0.15, 0.2) is 108 Å². The summed E-state index contributed by atoms with van der Waals surface area (Å²) in [6.45, 7) is 0.421. The number of benzene rings is 4. The standard InChI is InChI=1S/C38H41NO6S/c40-25-27-15-17-29(18-16-27)35-23-32(26-46-33-10-3-1-4-11-33)44-38(45-35)30-21-19-28(20-22-30)34-12-8-7-9-31(34)24-39-36(41)13-5-2-6-14-37(42)43/h1,3-4,7-12,15-22,32,35,38,40H,2,5-6,13-14,23-26H2,(H,39,41)(H,42,43). The van der Waals surface area contributed by atoms with Crippen molar-refractivity contribution in [3.8, 4) is 11.1 Å². The molecule has 0 aromatic heterocycles. The van der Waals surface area contributed by atoms with Crippen LogP contribution in [0.3, 0.4) is 0 Å². The van der Waals surface area contributed by atoms with Crippen LogP contribution in [0.5, 0.6) is 0 Å². The van der Waals surface area contributed by atoms with Crippen LogP contribution in [0.2, 0.25) is 0 Å². The van der Waals surface area contributed by atoms with E-state index in [1.54, 1.807) is 11.8 Å². The van der Waals surface area contributed by atoms with E-state index in [4.69, 9.17) is 14.6 Å². The Bertz CT molecular complexity index is 1540. The fourth-order valence-electron chi connectivity index (χ4n) is 5.53. The molecular weight excluding hydrogens is 598 g/mol. The summed E-state index contributed by atoms with van der Waals surface area (Å²) in [6.07, 6.45) is 2.54. The van der Waals surface area contributed by atoms with Gasteiger partial charge in [-0.1, -0.05) is 97.4 Å². The predicted molar refractivity (Wildman–Crippen MR) is 180 cm³/mol. The molecule has 240 valence electrons. The van der Waals surface area contributed by atoms with Gasteiger partial charge in [0.1, 0.15) is 0 Å². The van der Waals surface area contributed by atoms with Crippen molar-refractivity contribution in [2.75, 3.05) is 5.75 Å². The molecule has 0 radical (unpaired) electrons. The normalized spacial score (nSPS) is 17.8. The highest BCUT2D eigenvalue weighted by molar-refractivity contribution is 7.99. The van der Waals surface area contributed by atoms with Crippen LogP contribution in [0.4, 0.5) is 0 Å². The van der Waals surface area contributed by atoms with Gasteiger partial charge in [0.15, 0.2) is 6.29 Å². The highest BCUT2D eigenvalue weighted by Gasteiger charge is 2.32. The summed E-state index contributed by atoms with van der Waals surface area (Å²) in [7, 11) is 0. The fraction of sp³-hybridized carbons (Fsp3) is 0.316. The number of thioether (sulfide) groups is 1. The summed E-state index contributed by atoms with van der Waals surface area (Å²) in [6, 6.07) is 34.5. The molecule has 1 saturated heterocycles. The van der Waals surface area contributed by atoms with Gasteiger partial charge in [-0.25, -0.2) is 0 Å². The van der Waals surface area contributed by atoms with Crippen molar-refractivity contribution >= 4 is 23.6 Å². The lowest BCUT2D eigenvalue weighted by Gasteiger charge is -2.36. The lowest BCUT2D eigenvalue weighted by molar-refractivity contribution is -0.245. The molecule has 1 aliphatic heterocycles. The van der Waals surface area contributed by atoms with Gasteiger partial charge in [-0.05, 0) is 52.8 Å². The molecule has 5 rings (SSSR count). The van der Waals surface area contributed by atoms with Crippen LogP contribution in [0, 0.1) is 0 Å². The van der Waals surface area contributed by atoms with Crippen LogP contribution < -0.4 is 5.32 Å². The number of carbonyl (C=O) groups excluding carboxylic acids is 1. The van der Waals surface area contributed by atoms with Crippen molar-refractivity contribution in [1.82, 2.24) is 5.32 Å². The van der Waals surface area contributed by atoms with Crippen molar-refractivity contribution in [1.29, 1.82) is 0 Å². The maximum atomic E-state index is 12.4. The summed E-state index contributed by atoms with van der Waals surface area (Å²) in [4.78, 5) is 24.3. The quantitative estimate of drug-likeness (QED) is 0.0899. The summed E-state index contributed by atoms with van der Waals surface area (Å²) in [5.74, 6) is -0.0359. The molecule has 3 N–H and O–H groups in total. The Morgan fingerprint density at radius 1 is 0.783 bits per heavy atom. The Balaban J connectivity index is 1.25. The number of carbonyl (C=O) groups is 2. The average Bonchev–Trinajstić information content (AvgIpc) is 3.10. The third-order valence-electron chi connectivity index (χ3n) is 8.08. The zero-order valence-corrected chi connectivity index (χ0v) is 26.7. The van der Waals surface area contributed by atoms with Crippen LogP contribution in [-0.4, -0.2) is 33.9 Å². The molecule has 3 atom stereocenters. The third kappa shape index (κ3) is 9.77.